The van der Waals surface area contributed by atoms with Gasteiger partial charge in [-0.05, 0) is 12.8 Å². The molecular formula is C28H57NO2. The van der Waals surface area contributed by atoms with Gasteiger partial charge >= 0.3 is 0 Å². The van der Waals surface area contributed by atoms with E-state index >= 15 is 0 Å². The van der Waals surface area contributed by atoms with Gasteiger partial charge in [-0.2, -0.15) is 0 Å². The van der Waals surface area contributed by atoms with Gasteiger partial charge in [-0.25, -0.2) is 0 Å². The Bertz CT molecular complexity index is 359. The molecule has 0 fully saturated rings. The molecule has 1 atom stereocenters. The smallest absolute Gasteiger partial charge is 0.222 e. The number of aliphatic hydroxyl groups is 1. The van der Waals surface area contributed by atoms with Crippen molar-refractivity contribution in [2.45, 2.75) is 168 Å². The van der Waals surface area contributed by atoms with Gasteiger partial charge in [0.1, 0.15) is 0 Å². The minimum Gasteiger partial charge on any atom is -0.393 e. The summed E-state index contributed by atoms with van der Waals surface area (Å²) in [7, 11) is 0. The number of carbonyl (C=O) groups excluding carboxylic acids is 1. The van der Waals surface area contributed by atoms with Crippen LogP contribution >= 0.6 is 0 Å². The van der Waals surface area contributed by atoms with Crippen molar-refractivity contribution in [1.29, 1.82) is 0 Å². The number of aliphatic hydroxyl groups excluding tert-OH is 1. The number of amides is 1. The van der Waals surface area contributed by atoms with E-state index in [0.717, 1.165) is 25.8 Å². The van der Waals surface area contributed by atoms with Crippen LogP contribution in [0.3, 0.4) is 0 Å². The van der Waals surface area contributed by atoms with E-state index in [2.05, 4.69) is 19.2 Å². The van der Waals surface area contributed by atoms with Gasteiger partial charge in [-0.3, -0.25) is 4.79 Å². The maximum atomic E-state index is 11.9. The molecule has 0 bridgehead atoms. The van der Waals surface area contributed by atoms with Crippen molar-refractivity contribution in [1.82, 2.24) is 5.32 Å². The number of nitrogens with one attached hydrogen (secondary N) is 1. The molecular weight excluding hydrogens is 382 g/mol. The second-order valence-corrected chi connectivity index (χ2v) is 9.71. The molecule has 0 aromatic rings. The lowest BCUT2D eigenvalue weighted by molar-refractivity contribution is -0.123. The summed E-state index contributed by atoms with van der Waals surface area (Å²) < 4.78 is 0. The van der Waals surface area contributed by atoms with Crippen molar-refractivity contribution >= 4 is 5.91 Å². The van der Waals surface area contributed by atoms with Crippen LogP contribution in [0.4, 0.5) is 0 Å². The third-order valence-corrected chi connectivity index (χ3v) is 6.41. The van der Waals surface area contributed by atoms with Crippen LogP contribution < -0.4 is 5.32 Å². The maximum absolute atomic E-state index is 11.9. The number of unbranched alkanes of at least 4 members (excludes halogenated alkanes) is 19. The van der Waals surface area contributed by atoms with E-state index in [-0.39, 0.29) is 12.3 Å². The predicted octanol–water partition coefficient (Wildman–Crippen LogP) is 8.48. The van der Waals surface area contributed by atoms with Crippen LogP contribution in [0.1, 0.15) is 162 Å². The van der Waals surface area contributed by atoms with Gasteiger partial charge in [0.05, 0.1) is 12.5 Å². The zero-order valence-electron chi connectivity index (χ0n) is 21.4. The van der Waals surface area contributed by atoms with E-state index in [1.54, 1.807) is 0 Å². The molecule has 0 rings (SSSR count). The molecule has 1 amide bonds. The Kier molecular flexibility index (Phi) is 25.2. The summed E-state index contributed by atoms with van der Waals surface area (Å²) in [6, 6.07) is 0. The molecule has 186 valence electrons. The van der Waals surface area contributed by atoms with E-state index < -0.39 is 6.10 Å². The van der Waals surface area contributed by atoms with E-state index in [0.29, 0.717) is 0 Å². The Labute approximate surface area is 195 Å². The molecule has 0 saturated carbocycles. The molecule has 3 nitrogen and oxygen atoms in total. The van der Waals surface area contributed by atoms with Crippen LogP contribution in [-0.2, 0) is 4.79 Å². The fourth-order valence-corrected chi connectivity index (χ4v) is 4.27. The molecule has 0 aliphatic heterocycles. The quantitative estimate of drug-likeness (QED) is 0.140. The Morgan fingerprint density at radius 3 is 1.35 bits per heavy atom. The van der Waals surface area contributed by atoms with Gasteiger partial charge in [0.15, 0.2) is 0 Å². The first-order chi connectivity index (χ1) is 15.2. The summed E-state index contributed by atoms with van der Waals surface area (Å²) in [6.45, 7) is 5.29. The van der Waals surface area contributed by atoms with E-state index in [1.807, 2.05) is 0 Å². The van der Waals surface area contributed by atoms with Gasteiger partial charge in [0.2, 0.25) is 5.91 Å². The highest BCUT2D eigenvalue weighted by atomic mass is 16.3. The van der Waals surface area contributed by atoms with Crippen molar-refractivity contribution in [3.05, 3.63) is 0 Å². The SMILES string of the molecule is CCCCCCCCCCCCCCCC(O)CC(=O)NCCCCCCCCCC. The Hall–Kier alpha value is -0.570. The van der Waals surface area contributed by atoms with Crippen LogP contribution in [0.25, 0.3) is 0 Å². The van der Waals surface area contributed by atoms with E-state index in [9.17, 15) is 9.90 Å². The van der Waals surface area contributed by atoms with Crippen molar-refractivity contribution in [3.8, 4) is 0 Å². The molecule has 0 spiro atoms. The van der Waals surface area contributed by atoms with Crippen molar-refractivity contribution in [3.63, 3.8) is 0 Å². The molecule has 0 aromatic heterocycles. The highest BCUT2D eigenvalue weighted by Crippen LogP contribution is 2.14. The highest BCUT2D eigenvalue weighted by Gasteiger charge is 2.10. The average molecular weight is 440 g/mol. The third kappa shape index (κ3) is 25.6. The lowest BCUT2D eigenvalue weighted by Gasteiger charge is -2.11. The fourth-order valence-electron chi connectivity index (χ4n) is 4.27. The first kappa shape index (κ1) is 30.4. The molecule has 3 heteroatoms. The highest BCUT2D eigenvalue weighted by molar-refractivity contribution is 5.76. The molecule has 0 heterocycles. The van der Waals surface area contributed by atoms with Gasteiger partial charge in [-0.15, -0.1) is 0 Å². The lowest BCUT2D eigenvalue weighted by atomic mass is 10.0. The van der Waals surface area contributed by atoms with E-state index in [4.69, 9.17) is 0 Å². The van der Waals surface area contributed by atoms with E-state index in [1.165, 1.54) is 122 Å². The summed E-state index contributed by atoms with van der Waals surface area (Å²) in [5.41, 5.74) is 0. The number of hydrogen-bond donors (Lipinski definition) is 2. The van der Waals surface area contributed by atoms with Crippen LogP contribution in [0, 0.1) is 0 Å². The minimum absolute atomic E-state index is 0.0186. The minimum atomic E-state index is -0.466. The standard InChI is InChI=1S/C28H57NO2/c1-3-5-7-9-11-13-14-15-16-17-18-20-22-24-27(30)26-28(31)29-25-23-21-19-12-10-8-6-4-2/h27,30H,3-26H2,1-2H3,(H,29,31). The number of hydrogen-bond acceptors (Lipinski definition) is 2. The molecule has 0 radical (unpaired) electrons. The molecule has 1 unspecified atom stereocenters. The average Bonchev–Trinajstić information content (AvgIpc) is 2.75. The summed E-state index contributed by atoms with van der Waals surface area (Å²) >= 11 is 0. The van der Waals surface area contributed by atoms with Crippen molar-refractivity contribution < 1.29 is 9.90 Å². The monoisotopic (exact) mass is 439 g/mol. The Morgan fingerprint density at radius 1 is 0.581 bits per heavy atom. The second kappa shape index (κ2) is 25.7. The molecule has 0 aromatic carbocycles. The van der Waals surface area contributed by atoms with Crippen molar-refractivity contribution in [2.75, 3.05) is 6.54 Å². The molecule has 0 aliphatic rings. The maximum Gasteiger partial charge on any atom is 0.222 e. The lowest BCUT2D eigenvalue weighted by Crippen LogP contribution is -2.28. The molecule has 0 saturated heterocycles. The van der Waals surface area contributed by atoms with Gasteiger partial charge in [0, 0.05) is 6.54 Å². The van der Waals surface area contributed by atoms with Gasteiger partial charge < -0.3 is 10.4 Å². The van der Waals surface area contributed by atoms with Gasteiger partial charge in [0.25, 0.3) is 0 Å². The first-order valence-electron chi connectivity index (χ1n) is 14.2. The zero-order valence-corrected chi connectivity index (χ0v) is 21.4. The molecule has 0 aliphatic carbocycles. The normalized spacial score (nSPS) is 12.2. The fraction of sp³-hybridized carbons (Fsp3) is 0.964. The summed E-state index contributed by atoms with van der Waals surface area (Å²) in [4.78, 5) is 11.9. The number of carbonyl (C=O) groups is 1. The van der Waals surface area contributed by atoms with Crippen molar-refractivity contribution in [2.24, 2.45) is 0 Å². The summed E-state index contributed by atoms with van der Waals surface area (Å²) in [5, 5.41) is 13.1. The van der Waals surface area contributed by atoms with Crippen LogP contribution in [-0.4, -0.2) is 23.7 Å². The third-order valence-electron chi connectivity index (χ3n) is 6.41. The Morgan fingerprint density at radius 2 is 0.935 bits per heavy atom. The first-order valence-corrected chi connectivity index (χ1v) is 14.2. The molecule has 31 heavy (non-hydrogen) atoms. The Balaban J connectivity index is 3.29. The summed E-state index contributed by atoms with van der Waals surface area (Å²) in [5.74, 6) is 0.0186. The van der Waals surface area contributed by atoms with Crippen LogP contribution in [0.15, 0.2) is 0 Å². The topological polar surface area (TPSA) is 49.3 Å². The number of rotatable bonds is 25. The largest absolute Gasteiger partial charge is 0.393 e. The van der Waals surface area contributed by atoms with Gasteiger partial charge in [-0.1, -0.05) is 142 Å². The molecule has 2 N–H and O–H groups in total. The predicted molar refractivity (Wildman–Crippen MR) is 137 cm³/mol. The second-order valence-electron chi connectivity index (χ2n) is 9.71. The zero-order chi connectivity index (χ0) is 22.8. The summed E-state index contributed by atoms with van der Waals surface area (Å²) in [6.07, 6.45) is 28.2. The van der Waals surface area contributed by atoms with Crippen LogP contribution in [0.2, 0.25) is 0 Å². The van der Waals surface area contributed by atoms with Crippen LogP contribution in [0.5, 0.6) is 0 Å².